The smallest absolute Gasteiger partial charge is 0.309 e. The van der Waals surface area contributed by atoms with Crippen molar-refractivity contribution < 1.29 is 19.1 Å². The number of para-hydroxylation sites is 1. The maximum absolute atomic E-state index is 12.6. The minimum atomic E-state index is -0.334. The molecule has 30 heavy (non-hydrogen) atoms. The van der Waals surface area contributed by atoms with E-state index in [1.54, 1.807) is 31.2 Å². The van der Waals surface area contributed by atoms with Crippen molar-refractivity contribution in [3.63, 3.8) is 0 Å². The SMILES string of the molecule is CCN(CC(=O)Nc1ccccc1C(=O)NCc1ccccc1)CC(C)C(=O)OC. The van der Waals surface area contributed by atoms with Crippen molar-refractivity contribution in [3.8, 4) is 0 Å². The van der Waals surface area contributed by atoms with E-state index in [4.69, 9.17) is 4.74 Å². The average Bonchev–Trinajstić information content (AvgIpc) is 2.77. The van der Waals surface area contributed by atoms with Gasteiger partial charge in [0.1, 0.15) is 0 Å². The molecule has 0 saturated carbocycles. The number of anilines is 1. The number of likely N-dealkylation sites (N-methyl/N-ethyl adjacent to an activating group) is 1. The van der Waals surface area contributed by atoms with E-state index >= 15 is 0 Å². The van der Waals surface area contributed by atoms with Gasteiger partial charge in [0, 0.05) is 13.1 Å². The summed E-state index contributed by atoms with van der Waals surface area (Å²) in [7, 11) is 1.35. The predicted octanol–water partition coefficient (Wildman–Crippen LogP) is 2.69. The Morgan fingerprint density at radius 2 is 1.70 bits per heavy atom. The first-order valence-corrected chi connectivity index (χ1v) is 9.95. The van der Waals surface area contributed by atoms with Crippen LogP contribution < -0.4 is 10.6 Å². The monoisotopic (exact) mass is 411 g/mol. The van der Waals surface area contributed by atoms with Gasteiger partial charge in [0.05, 0.1) is 30.8 Å². The second-order valence-corrected chi connectivity index (χ2v) is 7.01. The molecule has 2 amide bonds. The molecular formula is C23H29N3O4. The fourth-order valence-corrected chi connectivity index (χ4v) is 3.02. The van der Waals surface area contributed by atoms with Crippen molar-refractivity contribution in [2.75, 3.05) is 32.1 Å². The largest absolute Gasteiger partial charge is 0.469 e. The average molecular weight is 412 g/mol. The first kappa shape index (κ1) is 23.1. The zero-order valence-corrected chi connectivity index (χ0v) is 17.7. The number of rotatable bonds is 10. The molecule has 0 radical (unpaired) electrons. The summed E-state index contributed by atoms with van der Waals surface area (Å²) in [6.45, 7) is 5.21. The van der Waals surface area contributed by atoms with Crippen LogP contribution in [0.1, 0.15) is 29.8 Å². The summed E-state index contributed by atoms with van der Waals surface area (Å²) in [6.07, 6.45) is 0. The molecule has 0 bridgehead atoms. The number of benzene rings is 2. The maximum atomic E-state index is 12.6. The van der Waals surface area contributed by atoms with Crippen molar-refractivity contribution in [3.05, 3.63) is 65.7 Å². The van der Waals surface area contributed by atoms with Crippen molar-refractivity contribution in [1.29, 1.82) is 0 Å². The van der Waals surface area contributed by atoms with E-state index in [1.165, 1.54) is 7.11 Å². The van der Waals surface area contributed by atoms with Crippen LogP contribution in [0.25, 0.3) is 0 Å². The molecule has 7 nitrogen and oxygen atoms in total. The summed E-state index contributed by atoms with van der Waals surface area (Å²) < 4.78 is 4.74. The highest BCUT2D eigenvalue weighted by molar-refractivity contribution is 6.04. The van der Waals surface area contributed by atoms with E-state index in [9.17, 15) is 14.4 Å². The minimum Gasteiger partial charge on any atom is -0.469 e. The molecule has 0 aliphatic heterocycles. The third-order valence-corrected chi connectivity index (χ3v) is 4.69. The van der Waals surface area contributed by atoms with Crippen LogP contribution in [-0.4, -0.2) is 49.4 Å². The van der Waals surface area contributed by atoms with Crippen LogP contribution in [0.5, 0.6) is 0 Å². The molecule has 0 fully saturated rings. The van der Waals surface area contributed by atoms with Crippen LogP contribution in [0.2, 0.25) is 0 Å². The molecule has 2 aromatic carbocycles. The van der Waals surface area contributed by atoms with Crippen molar-refractivity contribution in [2.45, 2.75) is 20.4 Å². The van der Waals surface area contributed by atoms with Gasteiger partial charge in [-0.15, -0.1) is 0 Å². The summed E-state index contributed by atoms with van der Waals surface area (Å²) in [4.78, 5) is 38.7. The number of hydrogen-bond acceptors (Lipinski definition) is 5. The molecule has 2 N–H and O–H groups in total. The van der Waals surface area contributed by atoms with Crippen LogP contribution in [0.4, 0.5) is 5.69 Å². The third-order valence-electron chi connectivity index (χ3n) is 4.69. The number of amides is 2. The molecule has 1 unspecified atom stereocenters. The van der Waals surface area contributed by atoms with E-state index in [2.05, 4.69) is 10.6 Å². The van der Waals surface area contributed by atoms with E-state index < -0.39 is 0 Å². The van der Waals surface area contributed by atoms with E-state index in [1.807, 2.05) is 42.2 Å². The minimum absolute atomic E-state index is 0.109. The number of carbonyl (C=O) groups excluding carboxylic acids is 3. The first-order chi connectivity index (χ1) is 14.4. The van der Waals surface area contributed by atoms with Crippen LogP contribution in [0, 0.1) is 5.92 Å². The number of nitrogens with one attached hydrogen (secondary N) is 2. The Hall–Kier alpha value is -3.19. The van der Waals surface area contributed by atoms with Gasteiger partial charge in [-0.1, -0.05) is 56.3 Å². The van der Waals surface area contributed by atoms with Gasteiger partial charge in [0.15, 0.2) is 0 Å². The van der Waals surface area contributed by atoms with Gasteiger partial charge in [-0.05, 0) is 24.2 Å². The summed E-state index contributed by atoms with van der Waals surface area (Å²) >= 11 is 0. The number of ether oxygens (including phenoxy) is 1. The van der Waals surface area contributed by atoms with Gasteiger partial charge in [-0.2, -0.15) is 0 Å². The number of carbonyl (C=O) groups is 3. The number of hydrogen-bond donors (Lipinski definition) is 2. The van der Waals surface area contributed by atoms with Crippen LogP contribution in [0.3, 0.4) is 0 Å². The fourth-order valence-electron chi connectivity index (χ4n) is 3.02. The molecule has 0 aliphatic carbocycles. The number of nitrogens with zero attached hydrogens (tertiary/aromatic N) is 1. The Labute approximate surface area is 177 Å². The van der Waals surface area contributed by atoms with Gasteiger partial charge in [-0.25, -0.2) is 0 Å². The molecule has 0 saturated heterocycles. The second kappa shape index (κ2) is 11.7. The summed E-state index contributed by atoms with van der Waals surface area (Å²) in [5, 5.41) is 5.69. The predicted molar refractivity (Wildman–Crippen MR) is 116 cm³/mol. The molecule has 2 rings (SSSR count). The lowest BCUT2D eigenvalue weighted by Crippen LogP contribution is -2.38. The molecular weight excluding hydrogens is 382 g/mol. The zero-order chi connectivity index (χ0) is 21.9. The normalized spacial score (nSPS) is 11.6. The Kier molecular flexibility index (Phi) is 9.03. The van der Waals surface area contributed by atoms with Crippen LogP contribution in [-0.2, 0) is 20.9 Å². The van der Waals surface area contributed by atoms with E-state index in [-0.39, 0.29) is 30.2 Å². The molecule has 0 aromatic heterocycles. The summed E-state index contributed by atoms with van der Waals surface area (Å²) in [5.41, 5.74) is 1.84. The van der Waals surface area contributed by atoms with Gasteiger partial charge >= 0.3 is 5.97 Å². The molecule has 7 heteroatoms. The Balaban J connectivity index is 1.98. The van der Waals surface area contributed by atoms with Crippen molar-refractivity contribution in [1.82, 2.24) is 10.2 Å². The van der Waals surface area contributed by atoms with Crippen molar-refractivity contribution >= 4 is 23.5 Å². The first-order valence-electron chi connectivity index (χ1n) is 9.95. The molecule has 0 aliphatic rings. The summed E-state index contributed by atoms with van der Waals surface area (Å²) in [6, 6.07) is 16.5. The summed E-state index contributed by atoms with van der Waals surface area (Å²) in [5.74, 6) is -1.16. The van der Waals surface area contributed by atoms with E-state index in [0.29, 0.717) is 30.9 Å². The number of esters is 1. The van der Waals surface area contributed by atoms with Gasteiger partial charge < -0.3 is 15.4 Å². The van der Waals surface area contributed by atoms with Gasteiger partial charge in [-0.3, -0.25) is 19.3 Å². The Morgan fingerprint density at radius 1 is 1.03 bits per heavy atom. The Morgan fingerprint density at radius 3 is 2.37 bits per heavy atom. The molecule has 2 aromatic rings. The lowest BCUT2D eigenvalue weighted by atomic mass is 10.1. The fraction of sp³-hybridized carbons (Fsp3) is 0.348. The maximum Gasteiger partial charge on any atom is 0.309 e. The Bertz CT molecular complexity index is 855. The van der Waals surface area contributed by atoms with Gasteiger partial charge in [0.2, 0.25) is 5.91 Å². The lowest BCUT2D eigenvalue weighted by molar-refractivity contribution is -0.145. The molecule has 0 heterocycles. The second-order valence-electron chi connectivity index (χ2n) is 7.01. The van der Waals surface area contributed by atoms with Gasteiger partial charge in [0.25, 0.3) is 5.91 Å². The zero-order valence-electron chi connectivity index (χ0n) is 17.7. The van der Waals surface area contributed by atoms with Crippen LogP contribution >= 0.6 is 0 Å². The van der Waals surface area contributed by atoms with Crippen LogP contribution in [0.15, 0.2) is 54.6 Å². The lowest BCUT2D eigenvalue weighted by Gasteiger charge is -2.22. The van der Waals surface area contributed by atoms with Crippen molar-refractivity contribution in [2.24, 2.45) is 5.92 Å². The third kappa shape index (κ3) is 7.00. The quantitative estimate of drug-likeness (QED) is 0.587. The topological polar surface area (TPSA) is 87.7 Å². The molecule has 160 valence electrons. The molecule has 0 spiro atoms. The standard InChI is InChI=1S/C23H29N3O4/c1-4-26(15-17(2)23(29)30-3)16-21(27)25-20-13-9-8-12-19(20)22(28)24-14-18-10-6-5-7-11-18/h5-13,17H,4,14-16H2,1-3H3,(H,24,28)(H,25,27). The van der Waals surface area contributed by atoms with E-state index in [0.717, 1.165) is 5.56 Å². The molecule has 1 atom stereocenters. The number of methoxy groups -OCH3 is 1. The highest BCUT2D eigenvalue weighted by Crippen LogP contribution is 2.15. The highest BCUT2D eigenvalue weighted by atomic mass is 16.5. The highest BCUT2D eigenvalue weighted by Gasteiger charge is 2.19.